The highest BCUT2D eigenvalue weighted by atomic mass is 35.5. The minimum absolute atomic E-state index is 0.0420. The number of aryl methyl sites for hydroxylation is 2. The summed E-state index contributed by atoms with van der Waals surface area (Å²) >= 11 is 6.46. The Balaban J connectivity index is 1.67. The molecular formula is C25H21ClN2O2. The lowest BCUT2D eigenvalue weighted by Gasteiger charge is -2.15. The maximum atomic E-state index is 12.6. The van der Waals surface area contributed by atoms with Gasteiger partial charge in [-0.05, 0) is 49.2 Å². The summed E-state index contributed by atoms with van der Waals surface area (Å²) in [6.45, 7) is 1.96. The number of carbonyl (C=O) groups is 1. The minimum atomic E-state index is -0.0894. The molecule has 0 bridgehead atoms. The molecule has 0 saturated carbocycles. The van der Waals surface area contributed by atoms with E-state index in [0.29, 0.717) is 45.6 Å². The van der Waals surface area contributed by atoms with E-state index in [1.807, 2.05) is 61.5 Å². The smallest absolute Gasteiger partial charge is 0.224 e. The van der Waals surface area contributed by atoms with Crippen LogP contribution in [0.25, 0.3) is 22.0 Å². The number of phenols is 1. The van der Waals surface area contributed by atoms with E-state index < -0.39 is 0 Å². The van der Waals surface area contributed by atoms with Crippen molar-refractivity contribution in [2.45, 2.75) is 19.8 Å². The number of nitrogens with one attached hydrogen (secondary N) is 1. The number of amides is 1. The van der Waals surface area contributed by atoms with E-state index in [0.717, 1.165) is 11.1 Å². The Bertz CT molecular complexity index is 1220. The van der Waals surface area contributed by atoms with Crippen LogP contribution in [0.5, 0.6) is 5.75 Å². The molecule has 0 spiro atoms. The van der Waals surface area contributed by atoms with Crippen LogP contribution in [0.1, 0.15) is 17.5 Å². The molecule has 150 valence electrons. The van der Waals surface area contributed by atoms with Gasteiger partial charge in [-0.1, -0.05) is 53.6 Å². The minimum Gasteiger partial charge on any atom is -0.505 e. The van der Waals surface area contributed by atoms with Crippen LogP contribution in [0.15, 0.2) is 72.9 Å². The van der Waals surface area contributed by atoms with Gasteiger partial charge in [-0.3, -0.25) is 9.78 Å². The third-order valence-electron chi connectivity index (χ3n) is 5.04. The zero-order chi connectivity index (χ0) is 21.1. The molecule has 0 aliphatic heterocycles. The molecule has 1 heterocycles. The molecule has 0 aliphatic carbocycles. The first kappa shape index (κ1) is 19.9. The maximum Gasteiger partial charge on any atom is 0.224 e. The second-order valence-electron chi connectivity index (χ2n) is 7.24. The van der Waals surface area contributed by atoms with Crippen LogP contribution in [0, 0.1) is 6.92 Å². The summed E-state index contributed by atoms with van der Waals surface area (Å²) in [7, 11) is 0. The number of nitrogens with zero attached hydrogens (tertiary/aromatic N) is 1. The van der Waals surface area contributed by atoms with Gasteiger partial charge in [0.25, 0.3) is 0 Å². The van der Waals surface area contributed by atoms with Gasteiger partial charge in [-0.25, -0.2) is 0 Å². The van der Waals surface area contributed by atoms with E-state index in [1.165, 1.54) is 0 Å². The maximum absolute atomic E-state index is 12.6. The Morgan fingerprint density at radius 3 is 2.63 bits per heavy atom. The first-order valence-electron chi connectivity index (χ1n) is 9.74. The molecule has 30 heavy (non-hydrogen) atoms. The van der Waals surface area contributed by atoms with Crippen LogP contribution in [0.2, 0.25) is 5.02 Å². The second-order valence-corrected chi connectivity index (χ2v) is 7.64. The first-order chi connectivity index (χ1) is 14.5. The summed E-state index contributed by atoms with van der Waals surface area (Å²) < 4.78 is 0. The zero-order valence-electron chi connectivity index (χ0n) is 16.5. The molecule has 4 rings (SSSR count). The molecule has 0 atom stereocenters. The number of benzene rings is 3. The molecule has 4 nitrogen and oxygen atoms in total. The van der Waals surface area contributed by atoms with Crippen LogP contribution in [0.3, 0.4) is 0 Å². The van der Waals surface area contributed by atoms with Crippen LogP contribution < -0.4 is 5.32 Å². The fourth-order valence-electron chi connectivity index (χ4n) is 3.50. The molecule has 0 saturated heterocycles. The molecule has 0 fully saturated rings. The van der Waals surface area contributed by atoms with Crippen molar-refractivity contribution in [2.24, 2.45) is 0 Å². The van der Waals surface area contributed by atoms with E-state index in [1.54, 1.807) is 18.3 Å². The molecule has 2 N–H and O–H groups in total. The average molecular weight is 417 g/mol. The van der Waals surface area contributed by atoms with Crippen LogP contribution in [-0.4, -0.2) is 16.0 Å². The van der Waals surface area contributed by atoms with Crippen molar-refractivity contribution in [3.63, 3.8) is 0 Å². The monoisotopic (exact) mass is 416 g/mol. The number of hydrogen-bond donors (Lipinski definition) is 2. The highest BCUT2D eigenvalue weighted by molar-refractivity contribution is 6.36. The number of phenolic OH excluding ortho intramolecular Hbond substituents is 1. The molecule has 3 aromatic carbocycles. The molecule has 4 aromatic rings. The van der Waals surface area contributed by atoms with E-state index >= 15 is 0 Å². The van der Waals surface area contributed by atoms with Crippen molar-refractivity contribution >= 4 is 34.1 Å². The highest BCUT2D eigenvalue weighted by Crippen LogP contribution is 2.41. The van der Waals surface area contributed by atoms with Crippen molar-refractivity contribution in [2.75, 3.05) is 5.32 Å². The lowest BCUT2D eigenvalue weighted by Crippen LogP contribution is -2.13. The highest BCUT2D eigenvalue weighted by Gasteiger charge is 2.17. The van der Waals surface area contributed by atoms with Crippen molar-refractivity contribution in [1.82, 2.24) is 4.98 Å². The third-order valence-corrected chi connectivity index (χ3v) is 5.35. The van der Waals surface area contributed by atoms with Gasteiger partial charge in [0.05, 0.1) is 5.02 Å². The number of fused-ring (bicyclic) bond motifs is 1. The van der Waals surface area contributed by atoms with Gasteiger partial charge in [0.15, 0.2) is 0 Å². The number of halogens is 1. The fraction of sp³-hybridized carbons (Fsp3) is 0.120. The van der Waals surface area contributed by atoms with E-state index in [-0.39, 0.29) is 11.7 Å². The molecule has 1 aromatic heterocycles. The van der Waals surface area contributed by atoms with Gasteiger partial charge in [-0.15, -0.1) is 0 Å². The fourth-order valence-corrected chi connectivity index (χ4v) is 3.76. The average Bonchev–Trinajstić information content (AvgIpc) is 2.77. The SMILES string of the molecule is Cc1ccc(NC(=O)CCc2ccccc2)c(-c2cc(Cl)c3cccnc3c2O)c1. The number of anilines is 1. The number of pyridine rings is 1. The molecule has 0 unspecified atom stereocenters. The third kappa shape index (κ3) is 4.14. The molecule has 1 amide bonds. The quantitative estimate of drug-likeness (QED) is 0.410. The number of aromatic hydroxyl groups is 1. The van der Waals surface area contributed by atoms with Crippen molar-refractivity contribution in [1.29, 1.82) is 0 Å². The number of hydrogen-bond acceptors (Lipinski definition) is 3. The normalized spacial score (nSPS) is 10.9. The van der Waals surface area contributed by atoms with Crippen molar-refractivity contribution in [3.05, 3.63) is 89.1 Å². The Morgan fingerprint density at radius 2 is 1.83 bits per heavy atom. The van der Waals surface area contributed by atoms with Gasteiger partial charge in [-0.2, -0.15) is 0 Å². The number of aromatic nitrogens is 1. The Morgan fingerprint density at radius 1 is 1.03 bits per heavy atom. The van der Waals surface area contributed by atoms with Crippen LogP contribution in [0.4, 0.5) is 5.69 Å². The number of rotatable bonds is 5. The summed E-state index contributed by atoms with van der Waals surface area (Å²) in [6.07, 6.45) is 2.64. The molecular weight excluding hydrogens is 396 g/mol. The van der Waals surface area contributed by atoms with Gasteiger partial charge >= 0.3 is 0 Å². The van der Waals surface area contributed by atoms with E-state index in [4.69, 9.17) is 11.6 Å². The van der Waals surface area contributed by atoms with Gasteiger partial charge in [0.2, 0.25) is 5.91 Å². The van der Waals surface area contributed by atoms with Crippen LogP contribution >= 0.6 is 11.6 Å². The van der Waals surface area contributed by atoms with Gasteiger partial charge in [0, 0.05) is 34.8 Å². The van der Waals surface area contributed by atoms with Crippen molar-refractivity contribution in [3.8, 4) is 16.9 Å². The molecule has 5 heteroatoms. The standard InChI is InChI=1S/C25H21ClN2O2/c1-16-9-11-22(28-23(29)12-10-17-6-3-2-4-7-17)19(14-16)20-15-21(26)18-8-5-13-27-24(18)25(20)30/h2-9,11,13-15,30H,10,12H2,1H3,(H,28,29). The lowest BCUT2D eigenvalue weighted by atomic mass is 9.98. The predicted molar refractivity (Wildman–Crippen MR) is 122 cm³/mol. The largest absolute Gasteiger partial charge is 0.505 e. The zero-order valence-corrected chi connectivity index (χ0v) is 17.3. The topological polar surface area (TPSA) is 62.2 Å². The van der Waals surface area contributed by atoms with Crippen LogP contribution in [-0.2, 0) is 11.2 Å². The van der Waals surface area contributed by atoms with E-state index in [9.17, 15) is 9.90 Å². The summed E-state index contributed by atoms with van der Waals surface area (Å²) in [5.41, 5.74) is 4.41. The van der Waals surface area contributed by atoms with Gasteiger partial charge in [0.1, 0.15) is 11.3 Å². The summed E-state index contributed by atoms with van der Waals surface area (Å²) in [4.78, 5) is 16.9. The van der Waals surface area contributed by atoms with E-state index in [2.05, 4.69) is 10.3 Å². The Kier molecular flexibility index (Phi) is 5.68. The number of carbonyl (C=O) groups excluding carboxylic acids is 1. The van der Waals surface area contributed by atoms with Crippen molar-refractivity contribution < 1.29 is 9.90 Å². The lowest BCUT2D eigenvalue weighted by molar-refractivity contribution is -0.116. The summed E-state index contributed by atoms with van der Waals surface area (Å²) in [5.74, 6) is -0.0474. The second kappa shape index (κ2) is 8.56. The predicted octanol–water partition coefficient (Wildman–Crippen LogP) is 6.14. The summed E-state index contributed by atoms with van der Waals surface area (Å²) in [6, 6.07) is 20.9. The van der Waals surface area contributed by atoms with Gasteiger partial charge < -0.3 is 10.4 Å². The molecule has 0 radical (unpaired) electrons. The first-order valence-corrected chi connectivity index (χ1v) is 10.1. The Labute approximate surface area is 180 Å². The Hall–Kier alpha value is -3.37. The summed E-state index contributed by atoms with van der Waals surface area (Å²) in [5, 5.41) is 15.1. The molecule has 0 aliphatic rings.